The summed E-state index contributed by atoms with van der Waals surface area (Å²) in [5.41, 5.74) is 0. The van der Waals surface area contributed by atoms with E-state index in [1.165, 1.54) is 19.3 Å². The zero-order valence-corrected chi connectivity index (χ0v) is 11.3. The molecule has 1 amide bonds. The minimum absolute atomic E-state index is 0.264. The van der Waals surface area contributed by atoms with Gasteiger partial charge in [0.15, 0.2) is 0 Å². The summed E-state index contributed by atoms with van der Waals surface area (Å²) >= 11 is 3.58. The highest BCUT2D eigenvalue weighted by atomic mass is 79.9. The minimum atomic E-state index is 0.264. The second-order valence-corrected chi connectivity index (χ2v) is 6.02. The lowest BCUT2D eigenvalue weighted by atomic mass is 9.88. The molecule has 88 valence electrons. The Hall–Kier alpha value is -0.0500. The summed E-state index contributed by atoms with van der Waals surface area (Å²) in [5.74, 6) is 1.11. The molecule has 0 spiro atoms. The number of carbonyl (C=O) groups is 1. The summed E-state index contributed by atoms with van der Waals surface area (Å²) in [6, 6.07) is 0. The monoisotopic (exact) mass is 275 g/mol. The van der Waals surface area contributed by atoms with Crippen molar-refractivity contribution in [1.82, 2.24) is 5.32 Å². The number of alkyl halides is 1. The van der Waals surface area contributed by atoms with Crippen LogP contribution in [0.15, 0.2) is 0 Å². The van der Waals surface area contributed by atoms with Gasteiger partial charge in [0.2, 0.25) is 5.91 Å². The van der Waals surface area contributed by atoms with Crippen LogP contribution in [0.2, 0.25) is 0 Å². The lowest BCUT2D eigenvalue weighted by Crippen LogP contribution is -2.36. The maximum Gasteiger partial charge on any atom is 0.223 e. The van der Waals surface area contributed by atoms with Crippen molar-refractivity contribution >= 4 is 21.8 Å². The molecule has 1 N–H and O–H groups in total. The number of amides is 1. The van der Waals surface area contributed by atoms with E-state index in [-0.39, 0.29) is 11.8 Å². The summed E-state index contributed by atoms with van der Waals surface area (Å²) in [6.07, 6.45) is 5.91. The Morgan fingerprint density at radius 3 is 2.47 bits per heavy atom. The fourth-order valence-electron chi connectivity index (χ4n) is 1.94. The van der Waals surface area contributed by atoms with E-state index in [0.717, 1.165) is 19.4 Å². The maximum absolute atomic E-state index is 11.8. The molecular weight excluding hydrogens is 254 g/mol. The predicted molar refractivity (Wildman–Crippen MR) is 67.1 cm³/mol. The van der Waals surface area contributed by atoms with E-state index >= 15 is 0 Å². The molecule has 0 radical (unpaired) electrons. The molecule has 1 atom stereocenters. The number of halogens is 1. The van der Waals surface area contributed by atoms with Crippen LogP contribution in [0.4, 0.5) is 0 Å². The normalized spacial score (nSPS) is 20.3. The molecule has 1 fully saturated rings. The van der Waals surface area contributed by atoms with Crippen molar-refractivity contribution in [2.75, 3.05) is 6.54 Å². The van der Waals surface area contributed by atoms with Crippen LogP contribution in [0.5, 0.6) is 0 Å². The summed E-state index contributed by atoms with van der Waals surface area (Å²) < 4.78 is 0. The summed E-state index contributed by atoms with van der Waals surface area (Å²) in [4.78, 5) is 12.2. The van der Waals surface area contributed by atoms with E-state index in [1.807, 2.05) is 0 Å². The average molecular weight is 276 g/mol. The molecule has 0 saturated heterocycles. The molecule has 3 heteroatoms. The number of hydrogen-bond donors (Lipinski definition) is 1. The van der Waals surface area contributed by atoms with Crippen LogP contribution in [0, 0.1) is 11.8 Å². The van der Waals surface area contributed by atoms with Crippen molar-refractivity contribution in [1.29, 1.82) is 0 Å². The molecule has 0 aliphatic heterocycles. The summed E-state index contributed by atoms with van der Waals surface area (Å²) in [6.45, 7) is 5.07. The largest absolute Gasteiger partial charge is 0.355 e. The summed E-state index contributed by atoms with van der Waals surface area (Å²) in [7, 11) is 0. The first-order chi connectivity index (χ1) is 7.11. The molecular formula is C12H22BrNO. The van der Waals surface area contributed by atoms with Crippen molar-refractivity contribution in [2.45, 2.75) is 50.8 Å². The highest BCUT2D eigenvalue weighted by Crippen LogP contribution is 2.23. The van der Waals surface area contributed by atoms with Gasteiger partial charge in [0, 0.05) is 17.3 Å². The fraction of sp³-hybridized carbons (Fsp3) is 0.917. The first-order valence-corrected chi connectivity index (χ1v) is 6.94. The number of carbonyl (C=O) groups excluding carboxylic acids is 1. The Balaban J connectivity index is 2.22. The topological polar surface area (TPSA) is 29.1 Å². The maximum atomic E-state index is 11.8. The van der Waals surface area contributed by atoms with E-state index in [0.29, 0.717) is 10.7 Å². The SMILES string of the molecule is CC(C)C(Br)CNC(=O)C1CCCCC1. The smallest absolute Gasteiger partial charge is 0.223 e. The van der Waals surface area contributed by atoms with Crippen molar-refractivity contribution < 1.29 is 4.79 Å². The van der Waals surface area contributed by atoms with Gasteiger partial charge in [-0.05, 0) is 18.8 Å². The molecule has 1 aliphatic rings. The van der Waals surface area contributed by atoms with Crippen LogP contribution in [0.1, 0.15) is 46.0 Å². The fourth-order valence-corrected chi connectivity index (χ4v) is 2.10. The number of nitrogens with one attached hydrogen (secondary N) is 1. The molecule has 1 unspecified atom stereocenters. The number of rotatable bonds is 4. The van der Waals surface area contributed by atoms with Crippen LogP contribution in [-0.2, 0) is 4.79 Å². The van der Waals surface area contributed by atoms with Crippen molar-refractivity contribution in [3.8, 4) is 0 Å². The van der Waals surface area contributed by atoms with Gasteiger partial charge in [-0.15, -0.1) is 0 Å². The van der Waals surface area contributed by atoms with Gasteiger partial charge in [0.25, 0.3) is 0 Å². The van der Waals surface area contributed by atoms with Crippen molar-refractivity contribution in [3.05, 3.63) is 0 Å². The molecule has 2 nitrogen and oxygen atoms in total. The zero-order valence-electron chi connectivity index (χ0n) is 9.76. The lowest BCUT2D eigenvalue weighted by molar-refractivity contribution is -0.125. The predicted octanol–water partition coefficient (Wildman–Crippen LogP) is 3.10. The van der Waals surface area contributed by atoms with Gasteiger partial charge in [-0.25, -0.2) is 0 Å². The molecule has 0 heterocycles. The highest BCUT2D eigenvalue weighted by molar-refractivity contribution is 9.09. The van der Waals surface area contributed by atoms with Crippen molar-refractivity contribution in [2.24, 2.45) is 11.8 Å². The van der Waals surface area contributed by atoms with Crippen LogP contribution in [0.25, 0.3) is 0 Å². The second kappa shape index (κ2) is 6.51. The molecule has 0 aromatic rings. The molecule has 1 rings (SSSR count). The number of hydrogen-bond acceptors (Lipinski definition) is 1. The lowest BCUT2D eigenvalue weighted by Gasteiger charge is -2.22. The standard InChI is InChI=1S/C12H22BrNO/c1-9(2)11(13)8-14-12(15)10-6-4-3-5-7-10/h9-11H,3-8H2,1-2H3,(H,14,15). The van der Waals surface area contributed by atoms with Crippen molar-refractivity contribution in [3.63, 3.8) is 0 Å². The first kappa shape index (κ1) is 13.0. The van der Waals surface area contributed by atoms with Crippen LogP contribution < -0.4 is 5.32 Å². The Morgan fingerprint density at radius 1 is 1.33 bits per heavy atom. The highest BCUT2D eigenvalue weighted by Gasteiger charge is 2.21. The van der Waals surface area contributed by atoms with Crippen LogP contribution >= 0.6 is 15.9 Å². The van der Waals surface area contributed by atoms with E-state index in [9.17, 15) is 4.79 Å². The van der Waals surface area contributed by atoms with E-state index in [2.05, 4.69) is 35.1 Å². The van der Waals surface area contributed by atoms with Gasteiger partial charge < -0.3 is 5.32 Å². The molecule has 1 saturated carbocycles. The second-order valence-electron chi connectivity index (χ2n) is 4.84. The summed E-state index contributed by atoms with van der Waals surface area (Å²) in [5, 5.41) is 3.05. The van der Waals surface area contributed by atoms with E-state index in [4.69, 9.17) is 0 Å². The zero-order chi connectivity index (χ0) is 11.3. The Morgan fingerprint density at radius 2 is 1.93 bits per heavy atom. The third kappa shape index (κ3) is 4.54. The Bertz CT molecular complexity index is 200. The van der Waals surface area contributed by atoms with Gasteiger partial charge in [-0.2, -0.15) is 0 Å². The quantitative estimate of drug-likeness (QED) is 0.785. The molecule has 15 heavy (non-hydrogen) atoms. The third-order valence-electron chi connectivity index (χ3n) is 3.17. The van der Waals surface area contributed by atoms with Crippen LogP contribution in [0.3, 0.4) is 0 Å². The average Bonchev–Trinajstić information content (AvgIpc) is 2.26. The first-order valence-electron chi connectivity index (χ1n) is 6.03. The third-order valence-corrected chi connectivity index (χ3v) is 4.55. The van der Waals surface area contributed by atoms with Gasteiger partial charge >= 0.3 is 0 Å². The molecule has 0 bridgehead atoms. The Kier molecular flexibility index (Phi) is 5.65. The van der Waals surface area contributed by atoms with E-state index < -0.39 is 0 Å². The van der Waals surface area contributed by atoms with E-state index in [1.54, 1.807) is 0 Å². The molecule has 0 aromatic heterocycles. The minimum Gasteiger partial charge on any atom is -0.355 e. The van der Waals surface area contributed by atoms with Gasteiger partial charge in [-0.3, -0.25) is 4.79 Å². The van der Waals surface area contributed by atoms with Gasteiger partial charge in [-0.1, -0.05) is 49.0 Å². The molecule has 0 aromatic carbocycles. The van der Waals surface area contributed by atoms with Gasteiger partial charge in [0.1, 0.15) is 0 Å². The Labute approximate surface area is 101 Å². The molecule has 1 aliphatic carbocycles. The van der Waals surface area contributed by atoms with Crippen LogP contribution in [-0.4, -0.2) is 17.3 Å². The van der Waals surface area contributed by atoms with Gasteiger partial charge in [0.05, 0.1) is 0 Å².